The maximum absolute atomic E-state index is 10.5. The van der Waals surface area contributed by atoms with Gasteiger partial charge in [0, 0.05) is 30.4 Å². The van der Waals surface area contributed by atoms with Gasteiger partial charge in [0.25, 0.3) is 5.69 Å². The van der Waals surface area contributed by atoms with Gasteiger partial charge in [0.1, 0.15) is 0 Å². The summed E-state index contributed by atoms with van der Waals surface area (Å²) in [5.41, 5.74) is 1.43. The van der Waals surface area contributed by atoms with Crippen LogP contribution >= 0.6 is 12.4 Å². The summed E-state index contributed by atoms with van der Waals surface area (Å²) in [4.78, 5) is 24.7. The number of benzene rings is 1. The van der Waals surface area contributed by atoms with Crippen LogP contribution in [-0.2, 0) is 11.3 Å². The lowest BCUT2D eigenvalue weighted by Gasteiger charge is -1.98. The third-order valence-corrected chi connectivity index (χ3v) is 2.59. The summed E-state index contributed by atoms with van der Waals surface area (Å²) in [7, 11) is 0. The highest BCUT2D eigenvalue weighted by molar-refractivity contribution is 5.85. The number of carboxylic acid groups (broad SMARTS) is 1. The molecule has 0 amide bonds. The van der Waals surface area contributed by atoms with Gasteiger partial charge >= 0.3 is 5.97 Å². The van der Waals surface area contributed by atoms with Crippen molar-refractivity contribution in [1.29, 1.82) is 0 Å². The highest BCUT2D eigenvalue weighted by atomic mass is 35.5. The number of non-ortho nitro benzene ring substituents is 1. The first-order chi connectivity index (χ1) is 9.06. The van der Waals surface area contributed by atoms with Gasteiger partial charge in [-0.25, -0.2) is 4.98 Å². The second-order valence-corrected chi connectivity index (χ2v) is 3.94. The number of hydrogen-bond donors (Lipinski definition) is 1. The van der Waals surface area contributed by atoms with Crippen LogP contribution in [0.2, 0.25) is 0 Å². The van der Waals surface area contributed by atoms with Crippen LogP contribution < -0.4 is 0 Å². The maximum atomic E-state index is 10.5. The number of imidazole rings is 1. The van der Waals surface area contributed by atoms with Gasteiger partial charge < -0.3 is 9.67 Å². The van der Waals surface area contributed by atoms with E-state index in [1.165, 1.54) is 12.1 Å². The molecule has 1 aromatic heterocycles. The third-order valence-electron chi connectivity index (χ3n) is 2.59. The summed E-state index contributed by atoms with van der Waals surface area (Å²) < 4.78 is 1.67. The Morgan fingerprint density at radius 2 is 2.00 bits per heavy atom. The van der Waals surface area contributed by atoms with Crippen molar-refractivity contribution in [1.82, 2.24) is 9.55 Å². The van der Waals surface area contributed by atoms with E-state index in [4.69, 9.17) is 5.11 Å². The van der Waals surface area contributed by atoms with Crippen molar-refractivity contribution in [3.05, 3.63) is 46.9 Å². The lowest BCUT2D eigenvalue weighted by Crippen LogP contribution is -2.02. The Bertz CT molecular complexity index is 609. The fraction of sp³-hybridized carbons (Fsp3) is 0.167. The van der Waals surface area contributed by atoms with Crippen LogP contribution in [0.5, 0.6) is 0 Å². The van der Waals surface area contributed by atoms with Crippen molar-refractivity contribution in [3.8, 4) is 11.3 Å². The molecule has 1 aromatic carbocycles. The Hall–Kier alpha value is -2.41. The standard InChI is InChI=1S/C12H11N3O4.ClH/c16-12(17)5-6-14-7-11(13-8-14)9-1-3-10(4-2-9)15(18)19;/h1-4,7-8H,5-6H2,(H,16,17);1H. The van der Waals surface area contributed by atoms with Crippen molar-refractivity contribution in [2.24, 2.45) is 0 Å². The fourth-order valence-corrected chi connectivity index (χ4v) is 1.61. The molecule has 0 aliphatic rings. The number of nitro benzene ring substituents is 1. The number of halogens is 1. The minimum Gasteiger partial charge on any atom is -0.481 e. The molecule has 8 heteroatoms. The fourth-order valence-electron chi connectivity index (χ4n) is 1.61. The maximum Gasteiger partial charge on any atom is 0.305 e. The lowest BCUT2D eigenvalue weighted by atomic mass is 10.1. The summed E-state index contributed by atoms with van der Waals surface area (Å²) in [6.45, 7) is 0.343. The molecule has 106 valence electrons. The second-order valence-electron chi connectivity index (χ2n) is 3.94. The molecule has 2 rings (SSSR count). The van der Waals surface area contributed by atoms with Crippen LogP contribution in [0.25, 0.3) is 11.3 Å². The van der Waals surface area contributed by atoms with E-state index in [2.05, 4.69) is 4.98 Å². The van der Waals surface area contributed by atoms with Crippen LogP contribution in [0.15, 0.2) is 36.8 Å². The van der Waals surface area contributed by atoms with E-state index in [1.807, 2.05) is 0 Å². The molecule has 0 saturated heterocycles. The van der Waals surface area contributed by atoms with Crippen molar-refractivity contribution in [2.75, 3.05) is 0 Å². The predicted octanol–water partition coefficient (Wildman–Crippen LogP) is 2.35. The lowest BCUT2D eigenvalue weighted by molar-refractivity contribution is -0.384. The van der Waals surface area contributed by atoms with Gasteiger partial charge in [-0.05, 0) is 12.1 Å². The first-order valence-electron chi connectivity index (χ1n) is 5.54. The van der Waals surface area contributed by atoms with Crippen LogP contribution in [0.1, 0.15) is 6.42 Å². The SMILES string of the molecule is Cl.O=C(O)CCn1cnc(-c2ccc([N+](=O)[O-])cc2)c1. The Morgan fingerprint density at radius 1 is 1.35 bits per heavy atom. The molecular formula is C12H12ClN3O4. The number of hydrogen-bond acceptors (Lipinski definition) is 4. The summed E-state index contributed by atoms with van der Waals surface area (Å²) in [5, 5.41) is 19.1. The summed E-state index contributed by atoms with van der Waals surface area (Å²) >= 11 is 0. The van der Waals surface area contributed by atoms with Crippen LogP contribution in [0.3, 0.4) is 0 Å². The Labute approximate surface area is 120 Å². The summed E-state index contributed by atoms with van der Waals surface area (Å²) in [6.07, 6.45) is 3.28. The number of aliphatic carboxylic acids is 1. The van der Waals surface area contributed by atoms with Gasteiger partial charge in [-0.2, -0.15) is 0 Å². The molecule has 0 saturated carbocycles. The summed E-state index contributed by atoms with van der Waals surface area (Å²) in [6, 6.07) is 6.04. The normalized spacial score (nSPS) is 9.80. The van der Waals surface area contributed by atoms with Gasteiger partial charge in [-0.15, -0.1) is 12.4 Å². The Kier molecular flexibility index (Phi) is 5.22. The van der Waals surface area contributed by atoms with E-state index >= 15 is 0 Å². The van der Waals surface area contributed by atoms with Crippen molar-refractivity contribution in [3.63, 3.8) is 0 Å². The molecule has 1 N–H and O–H groups in total. The monoisotopic (exact) mass is 297 g/mol. The van der Waals surface area contributed by atoms with E-state index in [0.717, 1.165) is 5.56 Å². The highest BCUT2D eigenvalue weighted by Crippen LogP contribution is 2.20. The molecule has 0 aliphatic carbocycles. The molecule has 0 aliphatic heterocycles. The molecule has 0 spiro atoms. The molecule has 1 heterocycles. The molecule has 20 heavy (non-hydrogen) atoms. The molecule has 0 bridgehead atoms. The highest BCUT2D eigenvalue weighted by Gasteiger charge is 2.07. The quantitative estimate of drug-likeness (QED) is 0.674. The Morgan fingerprint density at radius 3 is 2.55 bits per heavy atom. The predicted molar refractivity (Wildman–Crippen MR) is 73.8 cm³/mol. The zero-order valence-electron chi connectivity index (χ0n) is 10.3. The molecule has 0 unspecified atom stereocenters. The molecule has 0 radical (unpaired) electrons. The number of nitro groups is 1. The Balaban J connectivity index is 0.00000200. The van der Waals surface area contributed by atoms with Crippen molar-refractivity contribution in [2.45, 2.75) is 13.0 Å². The molecule has 7 nitrogen and oxygen atoms in total. The third kappa shape index (κ3) is 3.79. The first-order valence-corrected chi connectivity index (χ1v) is 5.54. The molecule has 0 atom stereocenters. The minimum atomic E-state index is -0.870. The van der Waals surface area contributed by atoms with Gasteiger partial charge in [0.15, 0.2) is 0 Å². The van der Waals surface area contributed by atoms with Crippen molar-refractivity contribution >= 4 is 24.1 Å². The summed E-state index contributed by atoms with van der Waals surface area (Å²) in [5.74, 6) is -0.870. The number of nitrogens with zero attached hydrogens (tertiary/aromatic N) is 3. The van der Waals surface area contributed by atoms with Crippen LogP contribution in [0, 0.1) is 10.1 Å². The average molecular weight is 298 g/mol. The van der Waals surface area contributed by atoms with Crippen molar-refractivity contribution < 1.29 is 14.8 Å². The molecule has 2 aromatic rings. The van der Waals surface area contributed by atoms with E-state index < -0.39 is 10.9 Å². The topological polar surface area (TPSA) is 98.3 Å². The van der Waals surface area contributed by atoms with Gasteiger partial charge in [-0.1, -0.05) is 0 Å². The zero-order valence-corrected chi connectivity index (χ0v) is 11.1. The van der Waals surface area contributed by atoms with Crippen LogP contribution in [0.4, 0.5) is 5.69 Å². The number of carbonyl (C=O) groups is 1. The van der Waals surface area contributed by atoms with E-state index in [1.54, 1.807) is 29.2 Å². The van der Waals surface area contributed by atoms with E-state index in [9.17, 15) is 14.9 Å². The minimum absolute atomic E-state index is 0. The first kappa shape index (κ1) is 15.6. The average Bonchev–Trinajstić information content (AvgIpc) is 2.85. The number of aromatic nitrogens is 2. The van der Waals surface area contributed by atoms with E-state index in [0.29, 0.717) is 12.2 Å². The zero-order chi connectivity index (χ0) is 13.8. The van der Waals surface area contributed by atoms with Gasteiger partial charge in [0.2, 0.25) is 0 Å². The smallest absolute Gasteiger partial charge is 0.305 e. The second kappa shape index (κ2) is 6.67. The molecular weight excluding hydrogens is 286 g/mol. The number of aryl methyl sites for hydroxylation is 1. The largest absolute Gasteiger partial charge is 0.481 e. The number of rotatable bonds is 5. The molecule has 0 fully saturated rings. The van der Waals surface area contributed by atoms with Gasteiger partial charge in [0.05, 0.1) is 23.4 Å². The van der Waals surface area contributed by atoms with Crippen LogP contribution in [-0.4, -0.2) is 25.6 Å². The number of carboxylic acids is 1. The van der Waals surface area contributed by atoms with Gasteiger partial charge in [-0.3, -0.25) is 14.9 Å². The van der Waals surface area contributed by atoms with E-state index in [-0.39, 0.29) is 24.5 Å².